The van der Waals surface area contributed by atoms with Gasteiger partial charge in [0.1, 0.15) is 17.2 Å². The molecule has 0 bridgehead atoms. The standard InChI is InChI=1S/C26H25N3O4/c1-2-16-33-23-14-10-19(11-15-23)17-24(28-25(31)21-6-4-3-5-7-21)26(32)29-27-18-20-8-12-22(30)13-9-20/h3-15,17-18,30H,2,16H2,1H3,(H,28,31)(H,29,32). The average Bonchev–Trinajstić information content (AvgIpc) is 2.84. The molecule has 7 heteroatoms. The molecule has 0 spiro atoms. The van der Waals surface area contributed by atoms with E-state index in [2.05, 4.69) is 15.8 Å². The van der Waals surface area contributed by atoms with Crippen LogP contribution in [-0.2, 0) is 4.79 Å². The first-order valence-electron chi connectivity index (χ1n) is 10.5. The smallest absolute Gasteiger partial charge is 0.287 e. The molecule has 33 heavy (non-hydrogen) atoms. The Balaban J connectivity index is 1.77. The lowest BCUT2D eigenvalue weighted by Gasteiger charge is -2.10. The van der Waals surface area contributed by atoms with E-state index in [1.807, 2.05) is 6.92 Å². The van der Waals surface area contributed by atoms with Gasteiger partial charge in [-0.15, -0.1) is 0 Å². The molecule has 0 aliphatic heterocycles. The number of aromatic hydroxyl groups is 1. The third-order valence-electron chi connectivity index (χ3n) is 4.47. The van der Waals surface area contributed by atoms with Gasteiger partial charge in [0.2, 0.25) is 0 Å². The maximum atomic E-state index is 12.8. The lowest BCUT2D eigenvalue weighted by atomic mass is 10.1. The fourth-order valence-electron chi connectivity index (χ4n) is 2.78. The number of hydrazone groups is 1. The second kappa shape index (κ2) is 11.9. The highest BCUT2D eigenvalue weighted by atomic mass is 16.5. The maximum Gasteiger partial charge on any atom is 0.287 e. The van der Waals surface area contributed by atoms with Gasteiger partial charge < -0.3 is 15.2 Å². The number of ether oxygens (including phenoxy) is 1. The Bertz CT molecular complexity index is 1120. The van der Waals surface area contributed by atoms with Crippen molar-refractivity contribution in [2.75, 3.05) is 6.61 Å². The SMILES string of the molecule is CCCOc1ccc(C=C(NC(=O)c2ccccc2)C(=O)NN=Cc2ccc(O)cc2)cc1. The molecule has 2 amide bonds. The molecule has 3 aromatic carbocycles. The number of hydrogen-bond acceptors (Lipinski definition) is 5. The zero-order valence-electron chi connectivity index (χ0n) is 18.2. The number of carbonyl (C=O) groups is 2. The van der Waals surface area contributed by atoms with Crippen LogP contribution < -0.4 is 15.5 Å². The molecule has 0 aromatic heterocycles. The quantitative estimate of drug-likeness (QED) is 0.263. The Labute approximate surface area is 192 Å². The van der Waals surface area contributed by atoms with Crippen molar-refractivity contribution in [3.8, 4) is 11.5 Å². The Morgan fingerprint density at radius 1 is 0.939 bits per heavy atom. The van der Waals surface area contributed by atoms with Crippen molar-refractivity contribution in [2.24, 2.45) is 5.10 Å². The first-order chi connectivity index (χ1) is 16.0. The number of nitrogens with zero attached hydrogens (tertiary/aromatic N) is 1. The summed E-state index contributed by atoms with van der Waals surface area (Å²) in [6.45, 7) is 2.65. The molecule has 3 rings (SSSR count). The molecule has 0 aliphatic carbocycles. The first kappa shape index (κ1) is 23.3. The van der Waals surface area contributed by atoms with Crippen LogP contribution in [0.25, 0.3) is 6.08 Å². The van der Waals surface area contributed by atoms with Crippen molar-refractivity contribution in [1.29, 1.82) is 0 Å². The van der Waals surface area contributed by atoms with Crippen LogP contribution in [0.5, 0.6) is 11.5 Å². The lowest BCUT2D eigenvalue weighted by molar-refractivity contribution is -0.117. The summed E-state index contributed by atoms with van der Waals surface area (Å²) in [6, 6.07) is 22.2. The first-order valence-corrected chi connectivity index (χ1v) is 10.5. The van der Waals surface area contributed by atoms with Gasteiger partial charge in [0.25, 0.3) is 11.8 Å². The van der Waals surface area contributed by atoms with E-state index in [0.717, 1.165) is 12.2 Å². The van der Waals surface area contributed by atoms with E-state index in [-0.39, 0.29) is 11.4 Å². The summed E-state index contributed by atoms with van der Waals surface area (Å²) >= 11 is 0. The number of carbonyl (C=O) groups excluding carboxylic acids is 2. The summed E-state index contributed by atoms with van der Waals surface area (Å²) < 4.78 is 5.58. The summed E-state index contributed by atoms with van der Waals surface area (Å²) in [4.78, 5) is 25.4. The number of hydrogen-bond donors (Lipinski definition) is 3. The summed E-state index contributed by atoms with van der Waals surface area (Å²) in [5, 5.41) is 16.0. The van der Waals surface area contributed by atoms with Crippen LogP contribution in [0.3, 0.4) is 0 Å². The predicted molar refractivity (Wildman–Crippen MR) is 128 cm³/mol. The van der Waals surface area contributed by atoms with Crippen molar-refractivity contribution in [2.45, 2.75) is 13.3 Å². The van der Waals surface area contributed by atoms with Gasteiger partial charge in [-0.3, -0.25) is 9.59 Å². The molecule has 0 atom stereocenters. The van der Waals surface area contributed by atoms with Gasteiger partial charge in [-0.1, -0.05) is 37.3 Å². The Morgan fingerprint density at radius 2 is 1.61 bits per heavy atom. The van der Waals surface area contributed by atoms with Gasteiger partial charge in [0.05, 0.1) is 12.8 Å². The highest BCUT2D eigenvalue weighted by Gasteiger charge is 2.14. The maximum absolute atomic E-state index is 12.8. The molecule has 0 aliphatic rings. The normalized spacial score (nSPS) is 11.2. The van der Waals surface area contributed by atoms with E-state index in [0.29, 0.717) is 23.3 Å². The summed E-state index contributed by atoms with van der Waals surface area (Å²) in [5.41, 5.74) is 4.28. The fourth-order valence-corrected chi connectivity index (χ4v) is 2.78. The van der Waals surface area contributed by atoms with Crippen molar-refractivity contribution in [3.63, 3.8) is 0 Å². The summed E-state index contributed by atoms with van der Waals surface area (Å²) in [6.07, 6.45) is 3.91. The summed E-state index contributed by atoms with van der Waals surface area (Å²) in [5.74, 6) is -0.133. The van der Waals surface area contributed by atoms with Crippen molar-refractivity contribution in [3.05, 3.63) is 101 Å². The van der Waals surface area contributed by atoms with Crippen LogP contribution in [0.15, 0.2) is 89.7 Å². The van der Waals surface area contributed by atoms with E-state index in [9.17, 15) is 14.7 Å². The van der Waals surface area contributed by atoms with Crippen LogP contribution in [0.1, 0.15) is 34.8 Å². The number of nitrogens with one attached hydrogen (secondary N) is 2. The van der Waals surface area contributed by atoms with Gasteiger partial charge in [0, 0.05) is 5.56 Å². The van der Waals surface area contributed by atoms with Crippen molar-refractivity contribution in [1.82, 2.24) is 10.7 Å². The topological polar surface area (TPSA) is 100 Å². The number of benzene rings is 3. The Morgan fingerprint density at radius 3 is 2.27 bits per heavy atom. The van der Waals surface area contributed by atoms with Gasteiger partial charge in [-0.25, -0.2) is 5.43 Å². The largest absolute Gasteiger partial charge is 0.508 e. The number of phenolic OH excluding ortho intramolecular Hbond substituents is 1. The zero-order chi connectivity index (χ0) is 23.5. The second-order valence-corrected chi connectivity index (χ2v) is 7.09. The van der Waals surface area contributed by atoms with Crippen LogP contribution >= 0.6 is 0 Å². The Kier molecular flexibility index (Phi) is 8.36. The van der Waals surface area contributed by atoms with Crippen LogP contribution in [0.4, 0.5) is 0 Å². The molecule has 0 unspecified atom stereocenters. The Hall–Kier alpha value is -4.39. The highest BCUT2D eigenvalue weighted by molar-refractivity contribution is 6.05. The molecule has 0 radical (unpaired) electrons. The lowest BCUT2D eigenvalue weighted by Crippen LogP contribution is -2.32. The fraction of sp³-hybridized carbons (Fsp3) is 0.115. The molecular formula is C26H25N3O4. The monoisotopic (exact) mass is 443 g/mol. The van der Waals surface area contributed by atoms with E-state index in [4.69, 9.17) is 4.74 Å². The molecule has 7 nitrogen and oxygen atoms in total. The second-order valence-electron chi connectivity index (χ2n) is 7.09. The minimum Gasteiger partial charge on any atom is -0.508 e. The van der Waals surface area contributed by atoms with E-state index >= 15 is 0 Å². The molecule has 3 N–H and O–H groups in total. The third kappa shape index (κ3) is 7.36. The van der Waals surface area contributed by atoms with Crippen molar-refractivity contribution < 1.29 is 19.4 Å². The number of rotatable bonds is 9. The van der Waals surface area contributed by atoms with Crippen molar-refractivity contribution >= 4 is 24.1 Å². The molecule has 168 valence electrons. The molecule has 0 fully saturated rings. The zero-order valence-corrected chi connectivity index (χ0v) is 18.2. The highest BCUT2D eigenvalue weighted by Crippen LogP contribution is 2.15. The summed E-state index contributed by atoms with van der Waals surface area (Å²) in [7, 11) is 0. The van der Waals surface area contributed by atoms with Gasteiger partial charge in [-0.2, -0.15) is 5.10 Å². The van der Waals surface area contributed by atoms with Crippen LogP contribution in [-0.4, -0.2) is 29.7 Å². The molecule has 0 saturated heterocycles. The third-order valence-corrected chi connectivity index (χ3v) is 4.47. The molecule has 0 saturated carbocycles. The van der Waals surface area contributed by atoms with Crippen LogP contribution in [0.2, 0.25) is 0 Å². The average molecular weight is 444 g/mol. The number of amides is 2. The molecule has 0 heterocycles. The van der Waals surface area contributed by atoms with E-state index in [1.165, 1.54) is 18.3 Å². The minimum absolute atomic E-state index is 0.0361. The molecular weight excluding hydrogens is 418 g/mol. The van der Waals surface area contributed by atoms with E-state index < -0.39 is 11.8 Å². The van der Waals surface area contributed by atoms with E-state index in [1.54, 1.807) is 72.8 Å². The number of phenols is 1. The predicted octanol–water partition coefficient (Wildman–Crippen LogP) is 4.10. The van der Waals surface area contributed by atoms with Gasteiger partial charge in [0.15, 0.2) is 0 Å². The van der Waals surface area contributed by atoms with Gasteiger partial charge >= 0.3 is 0 Å². The van der Waals surface area contributed by atoms with Gasteiger partial charge in [-0.05, 0) is 72.2 Å². The molecule has 3 aromatic rings. The minimum atomic E-state index is -0.583. The van der Waals surface area contributed by atoms with Crippen LogP contribution in [0, 0.1) is 0 Å².